The maximum Gasteiger partial charge on any atom is 0.405 e. The zero-order chi connectivity index (χ0) is 14.7. The molecule has 8 heteroatoms. The van der Waals surface area contributed by atoms with Crippen molar-refractivity contribution in [3.63, 3.8) is 0 Å². The van der Waals surface area contributed by atoms with Crippen molar-refractivity contribution in [1.82, 2.24) is 10.2 Å². The van der Waals surface area contributed by atoms with Crippen LogP contribution in [0.4, 0.5) is 18.0 Å². The van der Waals surface area contributed by atoms with Crippen LogP contribution in [0.1, 0.15) is 26.2 Å². The van der Waals surface area contributed by atoms with Crippen LogP contribution in [0.3, 0.4) is 0 Å². The third-order valence-electron chi connectivity index (χ3n) is 3.58. The van der Waals surface area contributed by atoms with Gasteiger partial charge in [0.1, 0.15) is 6.54 Å². The van der Waals surface area contributed by atoms with E-state index in [0.717, 1.165) is 0 Å². The average Bonchev–Trinajstić information content (AvgIpc) is 2.35. The van der Waals surface area contributed by atoms with E-state index in [1.54, 1.807) is 12.2 Å². The van der Waals surface area contributed by atoms with Gasteiger partial charge in [0.25, 0.3) is 0 Å². The number of nitrogens with one attached hydrogen (secondary N) is 1. The van der Waals surface area contributed by atoms with E-state index in [9.17, 15) is 22.8 Å². The summed E-state index contributed by atoms with van der Waals surface area (Å²) in [6, 6.07) is -0.799. The van der Waals surface area contributed by atoms with Crippen LogP contribution in [0.25, 0.3) is 0 Å². The van der Waals surface area contributed by atoms with Gasteiger partial charge in [-0.25, -0.2) is 4.79 Å². The minimum absolute atomic E-state index is 0.157. The van der Waals surface area contributed by atoms with Gasteiger partial charge in [-0.2, -0.15) is 13.2 Å². The molecule has 1 heterocycles. The second-order valence-corrected chi connectivity index (χ2v) is 4.70. The largest absolute Gasteiger partial charge is 0.481 e. The minimum Gasteiger partial charge on any atom is -0.481 e. The second-order valence-electron chi connectivity index (χ2n) is 4.70. The summed E-state index contributed by atoms with van der Waals surface area (Å²) in [6.45, 7) is 0.696. The molecule has 1 rings (SSSR count). The molecule has 0 aliphatic carbocycles. The van der Waals surface area contributed by atoms with Crippen molar-refractivity contribution in [3.05, 3.63) is 0 Å². The molecule has 1 saturated heterocycles. The molecule has 0 aromatic rings. The van der Waals surface area contributed by atoms with E-state index in [-0.39, 0.29) is 25.9 Å². The number of alkyl halides is 3. The first-order valence-electron chi connectivity index (χ1n) is 6.03. The summed E-state index contributed by atoms with van der Waals surface area (Å²) in [5, 5.41) is 10.9. The maximum absolute atomic E-state index is 12.0. The lowest BCUT2D eigenvalue weighted by molar-refractivity contribution is -0.151. The van der Waals surface area contributed by atoms with Gasteiger partial charge in [-0.1, -0.05) is 6.92 Å². The standard InChI is InChI=1S/C11H17F3N2O3/c1-2-10(8(17)18)3-5-16(6-4-10)9(19)15-7-11(12,13)14/h2-7H2,1H3,(H,15,19)(H,17,18). The number of likely N-dealkylation sites (tertiary alicyclic amines) is 1. The predicted molar refractivity (Wildman–Crippen MR) is 60.6 cm³/mol. The number of urea groups is 1. The third-order valence-corrected chi connectivity index (χ3v) is 3.58. The fourth-order valence-electron chi connectivity index (χ4n) is 2.14. The van der Waals surface area contributed by atoms with Crippen LogP contribution >= 0.6 is 0 Å². The van der Waals surface area contributed by atoms with Crippen LogP contribution in [0.2, 0.25) is 0 Å². The highest BCUT2D eigenvalue weighted by Crippen LogP contribution is 2.35. The van der Waals surface area contributed by atoms with E-state index >= 15 is 0 Å². The van der Waals surface area contributed by atoms with Crippen molar-refractivity contribution in [3.8, 4) is 0 Å². The second kappa shape index (κ2) is 5.66. The number of rotatable bonds is 3. The van der Waals surface area contributed by atoms with Crippen LogP contribution in [0.5, 0.6) is 0 Å². The Morgan fingerprint density at radius 2 is 1.84 bits per heavy atom. The van der Waals surface area contributed by atoms with Gasteiger partial charge in [0, 0.05) is 13.1 Å². The maximum atomic E-state index is 12.0. The molecule has 1 aliphatic rings. The van der Waals surface area contributed by atoms with Crippen molar-refractivity contribution < 1.29 is 27.9 Å². The lowest BCUT2D eigenvalue weighted by Crippen LogP contribution is -2.50. The van der Waals surface area contributed by atoms with Crippen molar-refractivity contribution >= 4 is 12.0 Å². The van der Waals surface area contributed by atoms with E-state index in [0.29, 0.717) is 6.42 Å². The number of carboxylic acids is 1. The summed E-state index contributed by atoms with van der Waals surface area (Å²) in [5.41, 5.74) is -0.860. The fraction of sp³-hybridized carbons (Fsp3) is 0.818. The average molecular weight is 282 g/mol. The van der Waals surface area contributed by atoms with E-state index in [4.69, 9.17) is 5.11 Å². The normalized spacial score (nSPS) is 19.1. The Bertz CT molecular complexity index is 350. The zero-order valence-electron chi connectivity index (χ0n) is 10.6. The Labute approximate surface area is 108 Å². The van der Waals surface area contributed by atoms with Gasteiger partial charge in [0.05, 0.1) is 5.41 Å². The summed E-state index contributed by atoms with van der Waals surface area (Å²) in [6.07, 6.45) is -3.48. The van der Waals surface area contributed by atoms with E-state index in [1.165, 1.54) is 4.90 Å². The lowest BCUT2D eigenvalue weighted by atomic mass is 9.76. The number of piperidine rings is 1. The number of halogens is 3. The molecule has 5 nitrogen and oxygen atoms in total. The predicted octanol–water partition coefficient (Wildman–Crippen LogP) is 1.84. The first-order chi connectivity index (χ1) is 8.70. The fourth-order valence-corrected chi connectivity index (χ4v) is 2.14. The molecule has 0 bridgehead atoms. The van der Waals surface area contributed by atoms with Gasteiger partial charge in [0.15, 0.2) is 0 Å². The van der Waals surface area contributed by atoms with Gasteiger partial charge in [-0.05, 0) is 19.3 Å². The number of nitrogens with zero attached hydrogens (tertiary/aromatic N) is 1. The minimum atomic E-state index is -4.44. The molecule has 0 saturated carbocycles. The van der Waals surface area contributed by atoms with Crippen molar-refractivity contribution in [1.29, 1.82) is 0 Å². The smallest absolute Gasteiger partial charge is 0.405 e. The molecule has 0 radical (unpaired) electrons. The van der Waals surface area contributed by atoms with E-state index in [1.807, 2.05) is 0 Å². The van der Waals surface area contributed by atoms with E-state index in [2.05, 4.69) is 0 Å². The summed E-state index contributed by atoms with van der Waals surface area (Å²) in [7, 11) is 0. The molecule has 0 aromatic heterocycles. The van der Waals surface area contributed by atoms with Crippen LogP contribution < -0.4 is 5.32 Å². The topological polar surface area (TPSA) is 69.6 Å². The van der Waals surface area contributed by atoms with Gasteiger partial charge in [0.2, 0.25) is 0 Å². The molecule has 0 atom stereocenters. The summed E-state index contributed by atoms with van der Waals surface area (Å²) < 4.78 is 35.9. The SMILES string of the molecule is CCC1(C(=O)O)CCN(C(=O)NCC(F)(F)F)CC1. The van der Waals surface area contributed by atoms with Gasteiger partial charge >= 0.3 is 18.2 Å². The molecule has 110 valence electrons. The number of carbonyl (C=O) groups is 2. The molecule has 19 heavy (non-hydrogen) atoms. The zero-order valence-corrected chi connectivity index (χ0v) is 10.6. The number of carboxylic acid groups (broad SMARTS) is 1. The summed E-state index contributed by atoms with van der Waals surface area (Å²) in [5.74, 6) is -0.912. The van der Waals surface area contributed by atoms with Crippen LogP contribution in [0.15, 0.2) is 0 Å². The molecular weight excluding hydrogens is 265 g/mol. The summed E-state index contributed by atoms with van der Waals surface area (Å²) in [4.78, 5) is 23.9. The first-order valence-corrected chi connectivity index (χ1v) is 6.03. The highest BCUT2D eigenvalue weighted by atomic mass is 19.4. The Kier molecular flexibility index (Phi) is 4.65. The van der Waals surface area contributed by atoms with Crippen molar-refractivity contribution in [2.24, 2.45) is 5.41 Å². The monoisotopic (exact) mass is 282 g/mol. The molecular formula is C11H17F3N2O3. The molecule has 2 N–H and O–H groups in total. The van der Waals surface area contributed by atoms with Crippen LogP contribution in [-0.2, 0) is 4.79 Å². The quantitative estimate of drug-likeness (QED) is 0.829. The van der Waals surface area contributed by atoms with Crippen LogP contribution in [0, 0.1) is 5.41 Å². The van der Waals surface area contributed by atoms with Crippen molar-refractivity contribution in [2.45, 2.75) is 32.4 Å². The van der Waals surface area contributed by atoms with Gasteiger partial charge in [-0.3, -0.25) is 4.79 Å². The van der Waals surface area contributed by atoms with Crippen LogP contribution in [-0.4, -0.2) is 47.8 Å². The molecule has 0 unspecified atom stereocenters. The molecule has 0 aromatic carbocycles. The first kappa shape index (κ1) is 15.6. The van der Waals surface area contributed by atoms with E-state index < -0.39 is 30.1 Å². The molecule has 1 fully saturated rings. The highest BCUT2D eigenvalue weighted by molar-refractivity contribution is 5.77. The Morgan fingerprint density at radius 1 is 1.32 bits per heavy atom. The Morgan fingerprint density at radius 3 is 2.21 bits per heavy atom. The molecule has 1 aliphatic heterocycles. The molecule has 0 spiro atoms. The lowest BCUT2D eigenvalue weighted by Gasteiger charge is -2.38. The van der Waals surface area contributed by atoms with Crippen molar-refractivity contribution in [2.75, 3.05) is 19.6 Å². The van der Waals surface area contributed by atoms with Gasteiger partial charge < -0.3 is 15.3 Å². The highest BCUT2D eigenvalue weighted by Gasteiger charge is 2.41. The molecule has 2 amide bonds. The van der Waals surface area contributed by atoms with Gasteiger partial charge in [-0.15, -0.1) is 0 Å². The number of carbonyl (C=O) groups excluding carboxylic acids is 1. The number of aliphatic carboxylic acids is 1. The number of amides is 2. The Balaban J connectivity index is 2.49. The Hall–Kier alpha value is -1.47. The third kappa shape index (κ3) is 4.00. The summed E-state index contributed by atoms with van der Waals surface area (Å²) >= 11 is 0. The number of hydrogen-bond acceptors (Lipinski definition) is 2. The number of hydrogen-bond donors (Lipinski definition) is 2.